The SMILES string of the molecule is Cc1cc2c(cc1S(=O)(=O)N1CCCNCC1)oc(=O)n2C. The summed E-state index contributed by atoms with van der Waals surface area (Å²) >= 11 is 0. The number of oxazole rings is 1. The zero-order chi connectivity index (χ0) is 15.9. The predicted molar refractivity (Wildman–Crippen MR) is 82.4 cm³/mol. The topological polar surface area (TPSA) is 84.6 Å². The Morgan fingerprint density at radius 3 is 2.77 bits per heavy atom. The Hall–Kier alpha value is -1.64. The molecule has 3 rings (SSSR count). The summed E-state index contributed by atoms with van der Waals surface area (Å²) in [6.45, 7) is 4.13. The summed E-state index contributed by atoms with van der Waals surface area (Å²) in [5, 5.41) is 3.19. The molecule has 2 aromatic rings. The molecule has 1 fully saturated rings. The van der Waals surface area contributed by atoms with E-state index in [1.54, 1.807) is 20.0 Å². The maximum Gasteiger partial charge on any atom is 0.419 e. The molecule has 1 N–H and O–H groups in total. The highest BCUT2D eigenvalue weighted by Crippen LogP contribution is 2.25. The van der Waals surface area contributed by atoms with E-state index in [1.807, 2.05) is 0 Å². The fourth-order valence-electron chi connectivity index (χ4n) is 2.74. The van der Waals surface area contributed by atoms with Crippen LogP contribution < -0.4 is 11.1 Å². The summed E-state index contributed by atoms with van der Waals surface area (Å²) in [4.78, 5) is 11.8. The van der Waals surface area contributed by atoms with Gasteiger partial charge in [-0.05, 0) is 31.5 Å². The summed E-state index contributed by atoms with van der Waals surface area (Å²) in [6, 6.07) is 3.14. The molecule has 0 radical (unpaired) electrons. The van der Waals surface area contributed by atoms with Gasteiger partial charge in [0.25, 0.3) is 0 Å². The summed E-state index contributed by atoms with van der Waals surface area (Å²) in [5.74, 6) is -0.497. The van der Waals surface area contributed by atoms with E-state index < -0.39 is 15.8 Å². The van der Waals surface area contributed by atoms with E-state index in [2.05, 4.69) is 5.32 Å². The average molecular weight is 325 g/mol. The molecular formula is C14H19N3O4S. The van der Waals surface area contributed by atoms with Crippen LogP contribution in [0.3, 0.4) is 0 Å². The number of benzene rings is 1. The van der Waals surface area contributed by atoms with E-state index in [0.29, 0.717) is 36.3 Å². The molecule has 7 nitrogen and oxygen atoms in total. The van der Waals surface area contributed by atoms with Crippen molar-refractivity contribution in [3.05, 3.63) is 28.2 Å². The first-order valence-electron chi connectivity index (χ1n) is 7.22. The number of sulfonamides is 1. The van der Waals surface area contributed by atoms with Gasteiger partial charge >= 0.3 is 5.76 Å². The Kier molecular flexibility index (Phi) is 3.84. The zero-order valence-electron chi connectivity index (χ0n) is 12.6. The lowest BCUT2D eigenvalue weighted by atomic mass is 10.2. The highest BCUT2D eigenvalue weighted by atomic mass is 32.2. The molecule has 0 saturated carbocycles. The lowest BCUT2D eigenvalue weighted by Gasteiger charge is -2.20. The van der Waals surface area contributed by atoms with E-state index in [4.69, 9.17) is 4.42 Å². The third-order valence-electron chi connectivity index (χ3n) is 4.01. The van der Waals surface area contributed by atoms with Crippen molar-refractivity contribution in [3.63, 3.8) is 0 Å². The van der Waals surface area contributed by atoms with Crippen molar-refractivity contribution in [3.8, 4) is 0 Å². The Balaban J connectivity index is 2.11. The van der Waals surface area contributed by atoms with E-state index >= 15 is 0 Å². The van der Waals surface area contributed by atoms with Crippen LogP contribution in [0.15, 0.2) is 26.2 Å². The van der Waals surface area contributed by atoms with Gasteiger partial charge in [-0.3, -0.25) is 4.57 Å². The molecule has 2 heterocycles. The number of hydrogen-bond acceptors (Lipinski definition) is 5. The number of aryl methyl sites for hydroxylation is 2. The van der Waals surface area contributed by atoms with Gasteiger partial charge in [0.1, 0.15) is 0 Å². The second-order valence-corrected chi connectivity index (χ2v) is 7.43. The smallest absolute Gasteiger partial charge is 0.408 e. The van der Waals surface area contributed by atoms with Gasteiger partial charge in [0.15, 0.2) is 5.58 Å². The molecule has 1 saturated heterocycles. The van der Waals surface area contributed by atoms with Gasteiger partial charge in [0.05, 0.1) is 10.4 Å². The second kappa shape index (κ2) is 5.53. The molecule has 1 aliphatic heterocycles. The molecule has 0 bridgehead atoms. The van der Waals surface area contributed by atoms with Crippen molar-refractivity contribution in [2.75, 3.05) is 26.2 Å². The minimum absolute atomic E-state index is 0.205. The van der Waals surface area contributed by atoms with E-state index in [1.165, 1.54) is 14.9 Å². The Morgan fingerprint density at radius 2 is 2.00 bits per heavy atom. The molecule has 8 heteroatoms. The first-order valence-corrected chi connectivity index (χ1v) is 8.66. The standard InChI is InChI=1S/C14H19N3O4S/c1-10-8-11-12(21-14(18)16(11)2)9-13(10)22(19,20)17-6-3-4-15-5-7-17/h8-9,15H,3-7H2,1-2H3. The Bertz CT molecular complexity index is 858. The van der Waals surface area contributed by atoms with E-state index in [-0.39, 0.29) is 4.90 Å². The van der Waals surface area contributed by atoms with Crippen LogP contribution in [0.4, 0.5) is 0 Å². The zero-order valence-corrected chi connectivity index (χ0v) is 13.4. The summed E-state index contributed by atoms with van der Waals surface area (Å²) in [5.41, 5.74) is 1.50. The number of fused-ring (bicyclic) bond motifs is 1. The van der Waals surface area contributed by atoms with Gasteiger partial charge < -0.3 is 9.73 Å². The van der Waals surface area contributed by atoms with Gasteiger partial charge in [0.2, 0.25) is 10.0 Å². The van der Waals surface area contributed by atoms with Crippen molar-refractivity contribution in [2.24, 2.45) is 7.05 Å². The third-order valence-corrected chi connectivity index (χ3v) is 6.05. The summed E-state index contributed by atoms with van der Waals surface area (Å²) in [7, 11) is -1.99. The van der Waals surface area contributed by atoms with Gasteiger partial charge in [0, 0.05) is 32.7 Å². The van der Waals surface area contributed by atoms with E-state index in [9.17, 15) is 13.2 Å². The third kappa shape index (κ3) is 2.47. The Morgan fingerprint density at radius 1 is 1.23 bits per heavy atom. The van der Waals surface area contributed by atoms with Crippen molar-refractivity contribution in [2.45, 2.75) is 18.2 Å². The minimum atomic E-state index is -3.59. The quantitative estimate of drug-likeness (QED) is 0.865. The number of hydrogen-bond donors (Lipinski definition) is 1. The molecule has 0 aliphatic carbocycles. The molecule has 22 heavy (non-hydrogen) atoms. The highest BCUT2D eigenvalue weighted by molar-refractivity contribution is 7.89. The minimum Gasteiger partial charge on any atom is -0.408 e. The van der Waals surface area contributed by atoms with Gasteiger partial charge in [-0.2, -0.15) is 4.31 Å². The van der Waals surface area contributed by atoms with Crippen LogP contribution in [0.5, 0.6) is 0 Å². The van der Waals surface area contributed by atoms with Crippen molar-refractivity contribution in [1.29, 1.82) is 0 Å². The molecule has 0 atom stereocenters. The van der Waals surface area contributed by atoms with Crippen molar-refractivity contribution >= 4 is 21.1 Å². The van der Waals surface area contributed by atoms with Crippen LogP contribution in [0.2, 0.25) is 0 Å². The highest BCUT2D eigenvalue weighted by Gasteiger charge is 2.27. The first-order chi connectivity index (χ1) is 10.4. The number of nitrogens with zero attached hydrogens (tertiary/aromatic N) is 2. The molecular weight excluding hydrogens is 306 g/mol. The Labute approximate surface area is 128 Å². The molecule has 1 aromatic heterocycles. The maximum absolute atomic E-state index is 12.9. The fraction of sp³-hybridized carbons (Fsp3) is 0.500. The molecule has 0 amide bonds. The average Bonchev–Trinajstić information content (AvgIpc) is 2.70. The summed E-state index contributed by atoms with van der Waals surface area (Å²) in [6.07, 6.45) is 0.779. The first kappa shape index (κ1) is 15.3. The molecule has 1 aromatic carbocycles. The lowest BCUT2D eigenvalue weighted by molar-refractivity contribution is 0.431. The fourth-order valence-corrected chi connectivity index (χ4v) is 4.44. The molecule has 1 aliphatic rings. The van der Waals surface area contributed by atoms with Gasteiger partial charge in [-0.15, -0.1) is 0 Å². The van der Waals surface area contributed by atoms with Crippen LogP contribution in [0.25, 0.3) is 11.1 Å². The lowest BCUT2D eigenvalue weighted by Crippen LogP contribution is -2.34. The van der Waals surface area contributed by atoms with Crippen molar-refractivity contribution < 1.29 is 12.8 Å². The van der Waals surface area contributed by atoms with Gasteiger partial charge in [-0.25, -0.2) is 13.2 Å². The van der Waals surface area contributed by atoms with Crippen LogP contribution >= 0.6 is 0 Å². The van der Waals surface area contributed by atoms with Crippen LogP contribution in [0, 0.1) is 6.92 Å². The number of aromatic nitrogens is 1. The normalized spacial score (nSPS) is 17.7. The summed E-state index contributed by atoms with van der Waals surface area (Å²) < 4.78 is 33.7. The molecule has 0 unspecified atom stereocenters. The van der Waals surface area contributed by atoms with Crippen molar-refractivity contribution in [1.82, 2.24) is 14.2 Å². The van der Waals surface area contributed by atoms with Crippen LogP contribution in [-0.4, -0.2) is 43.5 Å². The molecule has 120 valence electrons. The van der Waals surface area contributed by atoms with E-state index in [0.717, 1.165) is 13.0 Å². The monoisotopic (exact) mass is 325 g/mol. The van der Waals surface area contributed by atoms with Crippen LogP contribution in [-0.2, 0) is 17.1 Å². The maximum atomic E-state index is 12.9. The molecule has 0 spiro atoms. The number of rotatable bonds is 2. The number of nitrogens with one attached hydrogen (secondary N) is 1. The van der Waals surface area contributed by atoms with Gasteiger partial charge in [-0.1, -0.05) is 0 Å². The second-order valence-electron chi connectivity index (χ2n) is 5.52. The largest absolute Gasteiger partial charge is 0.419 e. The van der Waals surface area contributed by atoms with Crippen LogP contribution in [0.1, 0.15) is 12.0 Å². The predicted octanol–water partition coefficient (Wildman–Crippen LogP) is 0.424.